The van der Waals surface area contributed by atoms with Crippen molar-refractivity contribution in [3.63, 3.8) is 0 Å². The van der Waals surface area contributed by atoms with Gasteiger partial charge in [0.15, 0.2) is 0 Å². The fourth-order valence-electron chi connectivity index (χ4n) is 1.58. The summed E-state index contributed by atoms with van der Waals surface area (Å²) in [6.45, 7) is 0.549. The standard InChI is InChI=1S/C14H13ClFNOS2/c15-11-3-1-4-12(16)10(11)9-19-8-6-17-14(18)13-5-2-7-20-13/h1-5,7H,6,8-9H2,(H,17,18). The molecule has 0 aliphatic heterocycles. The molecule has 1 amide bonds. The number of rotatable bonds is 6. The van der Waals surface area contributed by atoms with Gasteiger partial charge in [0.25, 0.3) is 5.91 Å². The number of carbonyl (C=O) groups is 1. The van der Waals surface area contributed by atoms with Gasteiger partial charge in [0.1, 0.15) is 5.82 Å². The maximum atomic E-state index is 13.5. The average Bonchev–Trinajstić information content (AvgIpc) is 2.95. The summed E-state index contributed by atoms with van der Waals surface area (Å²) < 4.78 is 13.5. The molecule has 0 unspecified atom stereocenters. The third-order valence-electron chi connectivity index (χ3n) is 2.59. The second kappa shape index (κ2) is 7.67. The lowest BCUT2D eigenvalue weighted by Crippen LogP contribution is -2.24. The number of thioether (sulfide) groups is 1. The highest BCUT2D eigenvalue weighted by Gasteiger charge is 2.07. The first kappa shape index (κ1) is 15.4. The Morgan fingerprint density at radius 1 is 1.35 bits per heavy atom. The van der Waals surface area contributed by atoms with Crippen LogP contribution in [-0.4, -0.2) is 18.2 Å². The van der Waals surface area contributed by atoms with Crippen molar-refractivity contribution in [2.75, 3.05) is 12.3 Å². The van der Waals surface area contributed by atoms with E-state index in [4.69, 9.17) is 11.6 Å². The molecule has 1 N–H and O–H groups in total. The van der Waals surface area contributed by atoms with Gasteiger partial charge < -0.3 is 5.32 Å². The topological polar surface area (TPSA) is 29.1 Å². The van der Waals surface area contributed by atoms with Crippen molar-refractivity contribution in [1.82, 2.24) is 5.32 Å². The van der Waals surface area contributed by atoms with Crippen LogP contribution in [0.25, 0.3) is 0 Å². The Morgan fingerprint density at radius 3 is 2.90 bits per heavy atom. The first-order valence-electron chi connectivity index (χ1n) is 6.01. The Labute approximate surface area is 130 Å². The van der Waals surface area contributed by atoms with Crippen molar-refractivity contribution in [1.29, 1.82) is 0 Å². The van der Waals surface area contributed by atoms with Crippen molar-refractivity contribution in [3.8, 4) is 0 Å². The number of hydrogen-bond acceptors (Lipinski definition) is 3. The summed E-state index contributed by atoms with van der Waals surface area (Å²) in [5, 5.41) is 5.13. The smallest absolute Gasteiger partial charge is 0.261 e. The summed E-state index contributed by atoms with van der Waals surface area (Å²) in [5.74, 6) is 0.861. The zero-order valence-corrected chi connectivity index (χ0v) is 13.0. The summed E-state index contributed by atoms with van der Waals surface area (Å²) in [7, 11) is 0. The van der Waals surface area contributed by atoms with E-state index in [0.717, 1.165) is 0 Å². The van der Waals surface area contributed by atoms with Gasteiger partial charge in [-0.25, -0.2) is 4.39 Å². The molecule has 106 valence electrons. The Hall–Kier alpha value is -1.04. The van der Waals surface area contributed by atoms with Crippen LogP contribution in [0.2, 0.25) is 5.02 Å². The van der Waals surface area contributed by atoms with Gasteiger partial charge in [-0.1, -0.05) is 23.7 Å². The van der Waals surface area contributed by atoms with Crippen molar-refractivity contribution >= 4 is 40.6 Å². The van der Waals surface area contributed by atoms with E-state index in [1.165, 1.54) is 29.2 Å². The van der Waals surface area contributed by atoms with Crippen LogP contribution in [0.1, 0.15) is 15.2 Å². The summed E-state index contributed by atoms with van der Waals surface area (Å²) in [4.78, 5) is 12.4. The van der Waals surface area contributed by atoms with Gasteiger partial charge >= 0.3 is 0 Å². The lowest BCUT2D eigenvalue weighted by molar-refractivity contribution is 0.0960. The summed E-state index contributed by atoms with van der Waals surface area (Å²) >= 11 is 8.89. The van der Waals surface area contributed by atoms with Crippen LogP contribution in [-0.2, 0) is 5.75 Å². The van der Waals surface area contributed by atoms with E-state index >= 15 is 0 Å². The number of hydrogen-bond donors (Lipinski definition) is 1. The molecule has 2 nitrogen and oxygen atoms in total. The molecular formula is C14H13ClFNOS2. The molecular weight excluding hydrogens is 317 g/mol. The van der Waals surface area contributed by atoms with Crippen LogP contribution in [0, 0.1) is 5.82 Å². The minimum atomic E-state index is -0.285. The highest BCUT2D eigenvalue weighted by Crippen LogP contribution is 2.23. The Kier molecular flexibility index (Phi) is 5.88. The summed E-state index contributed by atoms with van der Waals surface area (Å²) in [6, 6.07) is 8.30. The van der Waals surface area contributed by atoms with Gasteiger partial charge in [-0.15, -0.1) is 11.3 Å². The monoisotopic (exact) mass is 329 g/mol. The van der Waals surface area contributed by atoms with Gasteiger partial charge in [0.05, 0.1) is 4.88 Å². The first-order chi connectivity index (χ1) is 9.68. The lowest BCUT2D eigenvalue weighted by atomic mass is 10.2. The van der Waals surface area contributed by atoms with E-state index in [-0.39, 0.29) is 11.7 Å². The van der Waals surface area contributed by atoms with E-state index in [2.05, 4.69) is 5.32 Å². The summed E-state index contributed by atoms with van der Waals surface area (Å²) in [6.07, 6.45) is 0. The number of nitrogens with one attached hydrogen (secondary N) is 1. The number of amides is 1. The van der Waals surface area contributed by atoms with Crippen molar-refractivity contribution < 1.29 is 9.18 Å². The maximum absolute atomic E-state index is 13.5. The van der Waals surface area contributed by atoms with E-state index in [0.29, 0.717) is 33.5 Å². The van der Waals surface area contributed by atoms with Crippen LogP contribution in [0.4, 0.5) is 4.39 Å². The second-order valence-corrected chi connectivity index (χ2v) is 6.45. The SMILES string of the molecule is O=C(NCCSCc1c(F)cccc1Cl)c1cccs1. The van der Waals surface area contributed by atoms with Crippen molar-refractivity contribution in [2.45, 2.75) is 5.75 Å². The van der Waals surface area contributed by atoms with Crippen LogP contribution < -0.4 is 5.32 Å². The number of halogens is 2. The average molecular weight is 330 g/mol. The normalized spacial score (nSPS) is 10.5. The maximum Gasteiger partial charge on any atom is 0.261 e. The first-order valence-corrected chi connectivity index (χ1v) is 8.42. The molecule has 0 saturated heterocycles. The molecule has 20 heavy (non-hydrogen) atoms. The van der Waals surface area contributed by atoms with E-state index in [9.17, 15) is 9.18 Å². The van der Waals surface area contributed by atoms with Gasteiger partial charge in [-0.3, -0.25) is 4.79 Å². The molecule has 2 rings (SSSR count). The summed E-state index contributed by atoms with van der Waals surface area (Å²) in [5.41, 5.74) is 0.517. The van der Waals surface area contributed by atoms with E-state index < -0.39 is 0 Å². The number of benzene rings is 1. The molecule has 0 saturated carbocycles. The van der Waals surface area contributed by atoms with Crippen LogP contribution >= 0.6 is 34.7 Å². The molecule has 0 bridgehead atoms. The third-order valence-corrected chi connectivity index (χ3v) is 4.79. The van der Waals surface area contributed by atoms with Crippen molar-refractivity contribution in [3.05, 3.63) is 57.0 Å². The molecule has 2 aromatic rings. The Morgan fingerprint density at radius 2 is 2.20 bits per heavy atom. The fourth-order valence-corrected chi connectivity index (χ4v) is 3.41. The Bertz CT molecular complexity index is 554. The van der Waals surface area contributed by atoms with Crippen LogP contribution in [0.5, 0.6) is 0 Å². The van der Waals surface area contributed by atoms with E-state index in [1.54, 1.807) is 18.2 Å². The van der Waals surface area contributed by atoms with Crippen LogP contribution in [0.3, 0.4) is 0 Å². The zero-order chi connectivity index (χ0) is 14.4. The quantitative estimate of drug-likeness (QED) is 0.805. The van der Waals surface area contributed by atoms with Gasteiger partial charge in [0.2, 0.25) is 0 Å². The predicted octanol–water partition coefficient (Wildman–Crippen LogP) is 4.20. The Balaban J connectivity index is 1.71. The lowest BCUT2D eigenvalue weighted by Gasteiger charge is -2.06. The molecule has 0 aliphatic rings. The molecule has 1 aromatic heterocycles. The second-order valence-electron chi connectivity index (χ2n) is 3.99. The van der Waals surface area contributed by atoms with Crippen LogP contribution in [0.15, 0.2) is 35.7 Å². The molecule has 0 spiro atoms. The minimum Gasteiger partial charge on any atom is -0.351 e. The molecule has 0 atom stereocenters. The van der Waals surface area contributed by atoms with E-state index in [1.807, 2.05) is 11.4 Å². The third kappa shape index (κ3) is 4.23. The largest absolute Gasteiger partial charge is 0.351 e. The predicted molar refractivity (Wildman–Crippen MR) is 84.2 cm³/mol. The van der Waals surface area contributed by atoms with Gasteiger partial charge in [0, 0.05) is 28.6 Å². The molecule has 6 heteroatoms. The number of carbonyl (C=O) groups excluding carboxylic acids is 1. The fraction of sp³-hybridized carbons (Fsp3) is 0.214. The van der Waals surface area contributed by atoms with Gasteiger partial charge in [-0.05, 0) is 23.6 Å². The molecule has 0 radical (unpaired) electrons. The van der Waals surface area contributed by atoms with Gasteiger partial charge in [-0.2, -0.15) is 11.8 Å². The highest BCUT2D eigenvalue weighted by molar-refractivity contribution is 7.98. The zero-order valence-electron chi connectivity index (χ0n) is 10.6. The number of thiophene rings is 1. The van der Waals surface area contributed by atoms with Crippen molar-refractivity contribution in [2.24, 2.45) is 0 Å². The molecule has 0 aliphatic carbocycles. The molecule has 1 aromatic carbocycles. The highest BCUT2D eigenvalue weighted by atomic mass is 35.5. The molecule has 1 heterocycles. The molecule has 0 fully saturated rings. The minimum absolute atomic E-state index is 0.0653.